The molecule has 7 heteroatoms. The van der Waals surface area contributed by atoms with Crippen molar-refractivity contribution in [2.75, 3.05) is 18.5 Å². The molecule has 2 aromatic heterocycles. The number of pyridine rings is 1. The predicted molar refractivity (Wildman–Crippen MR) is 93.0 cm³/mol. The molecule has 25 heavy (non-hydrogen) atoms. The lowest BCUT2D eigenvalue weighted by Gasteiger charge is -2.23. The minimum Gasteiger partial charge on any atom is -0.381 e. The Kier molecular flexibility index (Phi) is 4.65. The Balaban J connectivity index is 1.42. The molecular formula is C18H23N5O2. The highest BCUT2D eigenvalue weighted by atomic mass is 16.5. The summed E-state index contributed by atoms with van der Waals surface area (Å²) in [6.45, 7) is 2.93. The number of ether oxygens (including phenoxy) is 1. The Morgan fingerprint density at radius 1 is 1.32 bits per heavy atom. The van der Waals surface area contributed by atoms with Crippen LogP contribution in [-0.2, 0) is 17.8 Å². The van der Waals surface area contributed by atoms with Crippen molar-refractivity contribution in [1.82, 2.24) is 19.7 Å². The third-order valence-corrected chi connectivity index (χ3v) is 4.73. The molecule has 2 fully saturated rings. The van der Waals surface area contributed by atoms with Crippen molar-refractivity contribution < 1.29 is 9.53 Å². The van der Waals surface area contributed by atoms with E-state index in [9.17, 15) is 4.79 Å². The van der Waals surface area contributed by atoms with E-state index in [1.165, 1.54) is 0 Å². The molecule has 2 aromatic rings. The van der Waals surface area contributed by atoms with Gasteiger partial charge in [0, 0.05) is 50.1 Å². The molecule has 0 radical (unpaired) electrons. The zero-order valence-electron chi connectivity index (χ0n) is 14.2. The number of hydrogen-bond donors (Lipinski definition) is 1. The summed E-state index contributed by atoms with van der Waals surface area (Å²) in [5.41, 5.74) is 1.04. The van der Waals surface area contributed by atoms with Crippen LogP contribution in [-0.4, -0.2) is 45.0 Å². The zero-order chi connectivity index (χ0) is 17.1. The van der Waals surface area contributed by atoms with Gasteiger partial charge in [0.05, 0.1) is 12.8 Å². The monoisotopic (exact) mass is 341 g/mol. The molecule has 3 heterocycles. The molecule has 2 aliphatic rings. The fraction of sp³-hybridized carbons (Fsp3) is 0.500. The van der Waals surface area contributed by atoms with Crippen LogP contribution < -0.4 is 5.32 Å². The van der Waals surface area contributed by atoms with Crippen LogP contribution in [0, 0.1) is 5.92 Å². The van der Waals surface area contributed by atoms with Crippen LogP contribution in [0.2, 0.25) is 0 Å². The summed E-state index contributed by atoms with van der Waals surface area (Å²) in [5, 5.41) is 7.39. The Hall–Kier alpha value is -2.41. The fourth-order valence-electron chi connectivity index (χ4n) is 3.18. The summed E-state index contributed by atoms with van der Waals surface area (Å²) in [4.78, 5) is 18.9. The van der Waals surface area contributed by atoms with Crippen LogP contribution in [0.1, 0.15) is 24.8 Å². The van der Waals surface area contributed by atoms with Gasteiger partial charge in [-0.05, 0) is 30.9 Å². The molecule has 1 unspecified atom stereocenters. The van der Waals surface area contributed by atoms with Crippen LogP contribution in [0.15, 0.2) is 36.8 Å². The van der Waals surface area contributed by atoms with Crippen LogP contribution >= 0.6 is 0 Å². The maximum atomic E-state index is 12.8. The first kappa shape index (κ1) is 16.1. The molecule has 132 valence electrons. The first-order valence-corrected chi connectivity index (χ1v) is 8.85. The summed E-state index contributed by atoms with van der Waals surface area (Å²) in [7, 11) is 0. The van der Waals surface area contributed by atoms with Crippen molar-refractivity contribution >= 4 is 11.8 Å². The molecule has 0 bridgehead atoms. The van der Waals surface area contributed by atoms with Gasteiger partial charge in [0.25, 0.3) is 0 Å². The minimum absolute atomic E-state index is 0.0734. The molecule has 0 aromatic carbocycles. The molecule has 4 rings (SSSR count). The molecule has 1 atom stereocenters. The second-order valence-corrected chi connectivity index (χ2v) is 6.78. The number of rotatable bonds is 6. The Morgan fingerprint density at radius 2 is 2.24 bits per heavy atom. The largest absolute Gasteiger partial charge is 0.381 e. The Morgan fingerprint density at radius 3 is 2.96 bits per heavy atom. The van der Waals surface area contributed by atoms with Crippen LogP contribution in [0.25, 0.3) is 0 Å². The number of anilines is 1. The van der Waals surface area contributed by atoms with Gasteiger partial charge in [-0.25, -0.2) is 9.48 Å². The fourth-order valence-corrected chi connectivity index (χ4v) is 3.18. The van der Waals surface area contributed by atoms with E-state index in [0.717, 1.165) is 50.4 Å². The molecular weight excluding hydrogens is 318 g/mol. The van der Waals surface area contributed by atoms with E-state index < -0.39 is 0 Å². The lowest BCUT2D eigenvalue weighted by molar-refractivity contribution is 0.181. The van der Waals surface area contributed by atoms with E-state index in [-0.39, 0.29) is 6.03 Å². The van der Waals surface area contributed by atoms with Gasteiger partial charge in [0.1, 0.15) is 5.82 Å². The molecule has 1 N–H and O–H groups in total. The van der Waals surface area contributed by atoms with Crippen molar-refractivity contribution in [3.8, 4) is 0 Å². The second-order valence-electron chi connectivity index (χ2n) is 6.78. The number of carbonyl (C=O) groups excluding carboxylic acids is 1. The third kappa shape index (κ3) is 3.99. The van der Waals surface area contributed by atoms with Crippen molar-refractivity contribution in [2.24, 2.45) is 5.92 Å². The molecule has 2 amide bonds. The lowest BCUT2D eigenvalue weighted by atomic mass is 10.1. The average molecular weight is 341 g/mol. The molecule has 7 nitrogen and oxygen atoms in total. The van der Waals surface area contributed by atoms with Gasteiger partial charge in [-0.2, -0.15) is 5.10 Å². The first-order valence-electron chi connectivity index (χ1n) is 8.85. The first-order chi connectivity index (χ1) is 12.3. The molecule has 0 spiro atoms. The number of nitrogens with one attached hydrogen (secondary N) is 1. The molecule has 1 saturated heterocycles. The minimum atomic E-state index is -0.0734. The van der Waals surface area contributed by atoms with Gasteiger partial charge >= 0.3 is 6.03 Å². The number of aromatic nitrogens is 3. The molecule has 1 saturated carbocycles. The standard InChI is InChI=1S/C18H23N5O2/c24-18(22(16-3-4-16)11-14-2-1-7-19-10-14)21-17-5-8-20-23(17)12-15-6-9-25-13-15/h1-2,5,7-8,10,15-16H,3-4,6,9,11-13H2,(H,21,24). The van der Waals surface area contributed by atoms with E-state index in [1.54, 1.807) is 12.4 Å². The van der Waals surface area contributed by atoms with Gasteiger partial charge < -0.3 is 9.64 Å². The summed E-state index contributed by atoms with van der Waals surface area (Å²) in [5.74, 6) is 1.21. The summed E-state index contributed by atoms with van der Waals surface area (Å²) < 4.78 is 7.30. The highest BCUT2D eigenvalue weighted by Crippen LogP contribution is 2.29. The molecule has 1 aliphatic heterocycles. The second kappa shape index (κ2) is 7.23. The molecule has 1 aliphatic carbocycles. The highest BCUT2D eigenvalue weighted by Gasteiger charge is 2.33. The normalized spacial score (nSPS) is 19.8. The Bertz CT molecular complexity index is 707. The van der Waals surface area contributed by atoms with Gasteiger partial charge in [-0.1, -0.05) is 6.07 Å². The average Bonchev–Trinajstić information content (AvgIpc) is 3.17. The lowest BCUT2D eigenvalue weighted by Crippen LogP contribution is -2.37. The maximum absolute atomic E-state index is 12.8. The van der Waals surface area contributed by atoms with E-state index in [4.69, 9.17) is 4.74 Å². The van der Waals surface area contributed by atoms with Gasteiger partial charge in [0.2, 0.25) is 0 Å². The van der Waals surface area contributed by atoms with Crippen molar-refractivity contribution in [2.45, 2.75) is 38.4 Å². The van der Waals surface area contributed by atoms with E-state index in [2.05, 4.69) is 15.4 Å². The third-order valence-electron chi connectivity index (χ3n) is 4.73. The number of nitrogens with zero attached hydrogens (tertiary/aromatic N) is 4. The topological polar surface area (TPSA) is 72.3 Å². The quantitative estimate of drug-likeness (QED) is 0.876. The highest BCUT2D eigenvalue weighted by molar-refractivity contribution is 5.88. The summed E-state index contributed by atoms with van der Waals surface area (Å²) in [6.07, 6.45) is 8.46. The summed E-state index contributed by atoms with van der Waals surface area (Å²) in [6, 6.07) is 6.00. The van der Waals surface area contributed by atoms with Gasteiger partial charge in [-0.3, -0.25) is 10.3 Å². The predicted octanol–water partition coefficient (Wildman–Crippen LogP) is 2.51. The Labute approximate surface area is 147 Å². The van der Waals surface area contributed by atoms with Crippen LogP contribution in [0.3, 0.4) is 0 Å². The van der Waals surface area contributed by atoms with E-state index in [0.29, 0.717) is 18.5 Å². The maximum Gasteiger partial charge on any atom is 0.323 e. The van der Waals surface area contributed by atoms with Crippen molar-refractivity contribution in [1.29, 1.82) is 0 Å². The summed E-state index contributed by atoms with van der Waals surface area (Å²) >= 11 is 0. The smallest absolute Gasteiger partial charge is 0.323 e. The van der Waals surface area contributed by atoms with E-state index >= 15 is 0 Å². The van der Waals surface area contributed by atoms with Crippen molar-refractivity contribution in [3.05, 3.63) is 42.4 Å². The van der Waals surface area contributed by atoms with Crippen molar-refractivity contribution in [3.63, 3.8) is 0 Å². The van der Waals surface area contributed by atoms with Crippen LogP contribution in [0.4, 0.5) is 10.6 Å². The number of urea groups is 1. The van der Waals surface area contributed by atoms with E-state index in [1.807, 2.05) is 34.0 Å². The number of hydrogen-bond acceptors (Lipinski definition) is 4. The number of amides is 2. The van der Waals surface area contributed by atoms with Gasteiger partial charge in [-0.15, -0.1) is 0 Å². The zero-order valence-corrected chi connectivity index (χ0v) is 14.2. The number of carbonyl (C=O) groups is 1. The SMILES string of the molecule is O=C(Nc1ccnn1CC1CCOC1)N(Cc1cccnc1)C1CC1. The van der Waals surface area contributed by atoms with Gasteiger partial charge in [0.15, 0.2) is 0 Å². The van der Waals surface area contributed by atoms with Crippen LogP contribution in [0.5, 0.6) is 0 Å².